The normalized spacial score (nSPS) is 15.3. The van der Waals surface area contributed by atoms with Crippen molar-refractivity contribution < 1.29 is 19.6 Å². The van der Waals surface area contributed by atoms with E-state index < -0.39 is 16.8 Å². The van der Waals surface area contributed by atoms with Crippen molar-refractivity contribution in [3.05, 3.63) is 39.9 Å². The number of nitrogens with zero attached hydrogens (tertiary/aromatic N) is 2. The zero-order valence-electron chi connectivity index (χ0n) is 11.6. The summed E-state index contributed by atoms with van der Waals surface area (Å²) in [5, 5.41) is 19.7. The highest BCUT2D eigenvalue weighted by Gasteiger charge is 2.36. The number of non-ortho nitro benzene ring substituents is 1. The molecule has 1 amide bonds. The smallest absolute Gasteiger partial charge is 0.323 e. The van der Waals surface area contributed by atoms with Crippen LogP contribution in [0.5, 0.6) is 0 Å². The van der Waals surface area contributed by atoms with Gasteiger partial charge in [0.25, 0.3) is 5.69 Å². The van der Waals surface area contributed by atoms with E-state index in [9.17, 15) is 19.7 Å². The molecule has 1 aromatic rings. The molecule has 0 spiro atoms. The first-order chi connectivity index (χ1) is 9.90. The van der Waals surface area contributed by atoms with Crippen molar-refractivity contribution in [2.24, 2.45) is 0 Å². The number of carbonyl (C=O) groups excluding carboxylic acids is 1. The van der Waals surface area contributed by atoms with Crippen molar-refractivity contribution in [1.29, 1.82) is 0 Å². The van der Waals surface area contributed by atoms with Crippen LogP contribution in [0.25, 0.3) is 0 Å². The molecule has 1 saturated carbocycles. The lowest BCUT2D eigenvalue weighted by Crippen LogP contribution is -2.39. The zero-order valence-corrected chi connectivity index (χ0v) is 11.6. The minimum atomic E-state index is -1.05. The molecule has 7 nitrogen and oxygen atoms in total. The molecule has 1 aliphatic rings. The SMILES string of the molecule is CC(C(=O)N(CC(=O)O)C1CC1)c1cccc([N+](=O)[O-])c1. The Hall–Kier alpha value is -2.44. The summed E-state index contributed by atoms with van der Waals surface area (Å²) in [5.41, 5.74) is 0.439. The maximum atomic E-state index is 12.4. The monoisotopic (exact) mass is 292 g/mol. The summed E-state index contributed by atoms with van der Waals surface area (Å²) < 4.78 is 0. The van der Waals surface area contributed by atoms with Crippen LogP contribution in [0, 0.1) is 10.1 Å². The fourth-order valence-electron chi connectivity index (χ4n) is 2.22. The fourth-order valence-corrected chi connectivity index (χ4v) is 2.22. The van der Waals surface area contributed by atoms with Crippen LogP contribution in [0.15, 0.2) is 24.3 Å². The number of rotatable bonds is 6. The largest absolute Gasteiger partial charge is 0.480 e. The number of nitro benzene ring substituents is 1. The van der Waals surface area contributed by atoms with Crippen molar-refractivity contribution >= 4 is 17.6 Å². The average Bonchev–Trinajstić information content (AvgIpc) is 3.27. The van der Waals surface area contributed by atoms with Crippen molar-refractivity contribution in [2.75, 3.05) is 6.54 Å². The molecule has 1 aliphatic carbocycles. The summed E-state index contributed by atoms with van der Waals surface area (Å²) in [6, 6.07) is 5.86. The molecule has 0 bridgehead atoms. The quantitative estimate of drug-likeness (QED) is 0.636. The zero-order chi connectivity index (χ0) is 15.6. The van der Waals surface area contributed by atoms with Gasteiger partial charge < -0.3 is 10.0 Å². The summed E-state index contributed by atoms with van der Waals surface area (Å²) in [5.74, 6) is -1.97. The average molecular weight is 292 g/mol. The molecule has 0 heterocycles. The standard InChI is InChI=1S/C14H16N2O5/c1-9(10-3-2-4-12(7-10)16(20)21)14(19)15(8-13(17)18)11-5-6-11/h2-4,7,9,11H,5-6,8H2,1H3,(H,17,18). The van der Waals surface area contributed by atoms with Gasteiger partial charge in [0.15, 0.2) is 0 Å². The second-order valence-electron chi connectivity index (χ2n) is 5.16. The number of carbonyl (C=O) groups is 2. The lowest BCUT2D eigenvalue weighted by atomic mass is 9.99. The van der Waals surface area contributed by atoms with E-state index in [1.165, 1.54) is 23.1 Å². The van der Waals surface area contributed by atoms with E-state index in [0.717, 1.165) is 12.8 Å². The van der Waals surface area contributed by atoms with Crippen molar-refractivity contribution in [3.8, 4) is 0 Å². The van der Waals surface area contributed by atoms with E-state index >= 15 is 0 Å². The minimum Gasteiger partial charge on any atom is -0.480 e. The molecule has 112 valence electrons. The lowest BCUT2D eigenvalue weighted by Gasteiger charge is -2.24. The molecule has 1 fully saturated rings. The first kappa shape index (κ1) is 15.0. The predicted octanol–water partition coefficient (Wildman–Crippen LogP) is 1.77. The van der Waals surface area contributed by atoms with Gasteiger partial charge in [-0.25, -0.2) is 0 Å². The Morgan fingerprint density at radius 2 is 2.14 bits per heavy atom. The van der Waals surface area contributed by atoms with Gasteiger partial charge in [0, 0.05) is 18.2 Å². The van der Waals surface area contributed by atoms with Gasteiger partial charge in [-0.3, -0.25) is 19.7 Å². The summed E-state index contributed by atoms with van der Waals surface area (Å²) in [6.07, 6.45) is 1.61. The molecule has 1 N–H and O–H groups in total. The maximum absolute atomic E-state index is 12.4. The fraction of sp³-hybridized carbons (Fsp3) is 0.429. The summed E-state index contributed by atoms with van der Waals surface area (Å²) in [6.45, 7) is 1.31. The molecule has 0 saturated heterocycles. The second-order valence-corrected chi connectivity index (χ2v) is 5.16. The second kappa shape index (κ2) is 5.90. The van der Waals surface area contributed by atoms with Crippen LogP contribution in [0.3, 0.4) is 0 Å². The molecular formula is C14H16N2O5. The summed E-state index contributed by atoms with van der Waals surface area (Å²) >= 11 is 0. The summed E-state index contributed by atoms with van der Waals surface area (Å²) in [4.78, 5) is 34.9. The van der Waals surface area contributed by atoms with Crippen LogP contribution in [0.4, 0.5) is 5.69 Å². The minimum absolute atomic E-state index is 0.0188. The molecule has 7 heteroatoms. The molecule has 1 unspecified atom stereocenters. The third-order valence-corrected chi connectivity index (χ3v) is 3.53. The molecule has 0 aliphatic heterocycles. The number of hydrogen-bond acceptors (Lipinski definition) is 4. The maximum Gasteiger partial charge on any atom is 0.323 e. The molecule has 21 heavy (non-hydrogen) atoms. The molecule has 0 radical (unpaired) electrons. The van der Waals surface area contributed by atoms with E-state index in [1.54, 1.807) is 13.0 Å². The first-order valence-electron chi connectivity index (χ1n) is 6.66. The Labute approximate surface area is 121 Å². The molecular weight excluding hydrogens is 276 g/mol. The van der Waals surface area contributed by atoms with Gasteiger partial charge in [-0.2, -0.15) is 0 Å². The topological polar surface area (TPSA) is 101 Å². The molecule has 1 aromatic carbocycles. The van der Waals surface area contributed by atoms with Crippen LogP contribution in [0.1, 0.15) is 31.2 Å². The molecule has 1 atom stereocenters. The highest BCUT2D eigenvalue weighted by Crippen LogP contribution is 2.30. The number of carboxylic acid groups (broad SMARTS) is 1. The van der Waals surface area contributed by atoms with Gasteiger partial charge >= 0.3 is 5.97 Å². The van der Waals surface area contributed by atoms with Gasteiger partial charge in [-0.05, 0) is 25.3 Å². The third kappa shape index (κ3) is 3.56. The Morgan fingerprint density at radius 3 is 2.67 bits per heavy atom. The first-order valence-corrected chi connectivity index (χ1v) is 6.66. The Morgan fingerprint density at radius 1 is 1.48 bits per heavy atom. The van der Waals surface area contributed by atoms with Crippen molar-refractivity contribution in [1.82, 2.24) is 4.90 Å². The highest BCUT2D eigenvalue weighted by atomic mass is 16.6. The number of amides is 1. The van der Waals surface area contributed by atoms with Gasteiger partial charge in [0.05, 0.1) is 10.8 Å². The Kier molecular flexibility index (Phi) is 4.21. The van der Waals surface area contributed by atoms with Crippen LogP contribution in [-0.2, 0) is 9.59 Å². The number of aliphatic carboxylic acids is 1. The van der Waals surface area contributed by atoms with Crippen LogP contribution >= 0.6 is 0 Å². The van der Waals surface area contributed by atoms with E-state index in [4.69, 9.17) is 5.11 Å². The van der Waals surface area contributed by atoms with Crippen LogP contribution < -0.4 is 0 Å². The Bertz CT molecular complexity index is 582. The number of carboxylic acids is 1. The molecule has 2 rings (SSSR count). The highest BCUT2D eigenvalue weighted by molar-refractivity contribution is 5.87. The van der Waals surface area contributed by atoms with Crippen molar-refractivity contribution in [2.45, 2.75) is 31.7 Å². The van der Waals surface area contributed by atoms with Crippen LogP contribution in [0.2, 0.25) is 0 Å². The number of nitro groups is 1. The van der Waals surface area contributed by atoms with E-state index in [2.05, 4.69) is 0 Å². The number of hydrogen-bond donors (Lipinski definition) is 1. The van der Waals surface area contributed by atoms with E-state index in [0.29, 0.717) is 5.56 Å². The lowest BCUT2D eigenvalue weighted by molar-refractivity contribution is -0.384. The van der Waals surface area contributed by atoms with Gasteiger partial charge in [0.2, 0.25) is 5.91 Å². The van der Waals surface area contributed by atoms with Gasteiger partial charge in [-0.1, -0.05) is 12.1 Å². The predicted molar refractivity (Wildman–Crippen MR) is 73.9 cm³/mol. The van der Waals surface area contributed by atoms with E-state index in [1.807, 2.05) is 0 Å². The van der Waals surface area contributed by atoms with Crippen molar-refractivity contribution in [3.63, 3.8) is 0 Å². The third-order valence-electron chi connectivity index (χ3n) is 3.53. The Balaban J connectivity index is 2.19. The molecule has 0 aromatic heterocycles. The van der Waals surface area contributed by atoms with Gasteiger partial charge in [0.1, 0.15) is 6.54 Å². The summed E-state index contributed by atoms with van der Waals surface area (Å²) in [7, 11) is 0. The van der Waals surface area contributed by atoms with Crippen LogP contribution in [-0.4, -0.2) is 39.4 Å². The van der Waals surface area contributed by atoms with Gasteiger partial charge in [-0.15, -0.1) is 0 Å². The number of benzene rings is 1. The van der Waals surface area contributed by atoms with E-state index in [-0.39, 0.29) is 24.2 Å².